The normalized spacial score (nSPS) is 9.62. The zero-order valence-corrected chi connectivity index (χ0v) is 7.37. The number of carbonyl (C=O) groups excluding carboxylic acids is 1. The van der Waals surface area contributed by atoms with Gasteiger partial charge in [-0.25, -0.2) is 0 Å². The van der Waals surface area contributed by atoms with Gasteiger partial charge < -0.3 is 10.8 Å². The first-order chi connectivity index (χ1) is 6.02. The Bertz CT molecular complexity index is 369. The second-order valence-electron chi connectivity index (χ2n) is 2.88. The number of anilines is 1. The third-order valence-corrected chi connectivity index (χ3v) is 1.67. The predicted octanol–water partition coefficient (Wildman–Crippen LogP) is 1.73. The van der Waals surface area contributed by atoms with Crippen LogP contribution in [-0.4, -0.2) is 10.9 Å². The van der Waals surface area contributed by atoms with Crippen LogP contribution >= 0.6 is 0 Å². The summed E-state index contributed by atoms with van der Waals surface area (Å²) in [5, 5.41) is 9.13. The van der Waals surface area contributed by atoms with Crippen molar-refractivity contribution in [2.45, 2.75) is 6.92 Å². The Morgan fingerprint density at radius 3 is 2.69 bits per heavy atom. The maximum atomic E-state index is 11.4. The van der Waals surface area contributed by atoms with E-state index in [-0.39, 0.29) is 11.5 Å². The maximum absolute atomic E-state index is 11.4. The number of aromatic hydroxyl groups is 1. The monoisotopic (exact) mass is 177 g/mol. The molecule has 0 aliphatic carbocycles. The summed E-state index contributed by atoms with van der Waals surface area (Å²) in [7, 11) is 0. The fourth-order valence-electron chi connectivity index (χ4n) is 0.971. The minimum atomic E-state index is -0.242. The third kappa shape index (κ3) is 1.87. The number of phenolic OH excluding ortho intramolecular Hbond substituents is 1. The van der Waals surface area contributed by atoms with Crippen molar-refractivity contribution in [2.24, 2.45) is 0 Å². The van der Waals surface area contributed by atoms with Gasteiger partial charge in [-0.1, -0.05) is 6.58 Å². The summed E-state index contributed by atoms with van der Waals surface area (Å²) in [6.45, 7) is 5.12. The number of nitrogen functional groups attached to an aromatic ring is 1. The van der Waals surface area contributed by atoms with E-state index in [1.165, 1.54) is 18.2 Å². The molecule has 0 bridgehead atoms. The highest BCUT2D eigenvalue weighted by Crippen LogP contribution is 2.20. The average molecular weight is 177 g/mol. The van der Waals surface area contributed by atoms with E-state index in [0.29, 0.717) is 16.8 Å². The van der Waals surface area contributed by atoms with Crippen LogP contribution in [-0.2, 0) is 0 Å². The second-order valence-corrected chi connectivity index (χ2v) is 2.88. The van der Waals surface area contributed by atoms with Crippen LogP contribution in [0, 0.1) is 0 Å². The fourth-order valence-corrected chi connectivity index (χ4v) is 0.971. The van der Waals surface area contributed by atoms with Gasteiger partial charge in [0.15, 0.2) is 5.78 Å². The van der Waals surface area contributed by atoms with E-state index in [0.717, 1.165) is 0 Å². The molecule has 1 aromatic carbocycles. The molecule has 3 nitrogen and oxygen atoms in total. The molecule has 0 aliphatic heterocycles. The van der Waals surface area contributed by atoms with Gasteiger partial charge in [0.1, 0.15) is 5.75 Å². The first kappa shape index (κ1) is 9.32. The molecule has 0 amide bonds. The number of hydrogen-bond acceptors (Lipinski definition) is 3. The molecule has 3 N–H and O–H groups in total. The Balaban J connectivity index is 3.21. The van der Waals surface area contributed by atoms with Gasteiger partial charge in [0, 0.05) is 11.3 Å². The van der Waals surface area contributed by atoms with Crippen LogP contribution in [0.2, 0.25) is 0 Å². The smallest absolute Gasteiger partial charge is 0.190 e. The number of ketones is 1. The Hall–Kier alpha value is -1.77. The molecular formula is C10H11NO2. The number of phenols is 1. The van der Waals surface area contributed by atoms with Crippen LogP contribution < -0.4 is 5.73 Å². The van der Waals surface area contributed by atoms with Crippen molar-refractivity contribution in [3.05, 3.63) is 35.9 Å². The molecule has 3 heteroatoms. The molecule has 0 atom stereocenters. The lowest BCUT2D eigenvalue weighted by Gasteiger charge is -2.04. The number of hydrogen-bond donors (Lipinski definition) is 2. The Morgan fingerprint density at radius 2 is 2.15 bits per heavy atom. The first-order valence-electron chi connectivity index (χ1n) is 3.81. The second kappa shape index (κ2) is 3.31. The van der Waals surface area contributed by atoms with E-state index in [4.69, 9.17) is 10.8 Å². The zero-order chi connectivity index (χ0) is 10.0. The highest BCUT2D eigenvalue weighted by Gasteiger charge is 2.10. The summed E-state index contributed by atoms with van der Waals surface area (Å²) in [5.41, 5.74) is 6.61. The molecule has 1 aromatic rings. The van der Waals surface area contributed by atoms with E-state index in [1.807, 2.05) is 0 Å². The lowest BCUT2D eigenvalue weighted by atomic mass is 10.0. The molecule has 0 fully saturated rings. The quantitative estimate of drug-likeness (QED) is 0.313. The molecule has 0 aliphatic rings. The van der Waals surface area contributed by atoms with Crippen LogP contribution in [0.1, 0.15) is 17.3 Å². The molecule has 0 spiro atoms. The molecule has 0 saturated carbocycles. The molecule has 0 heterocycles. The van der Waals surface area contributed by atoms with Gasteiger partial charge in [0.05, 0.1) is 0 Å². The van der Waals surface area contributed by atoms with Gasteiger partial charge in [-0.2, -0.15) is 0 Å². The number of nitrogens with two attached hydrogens (primary N) is 1. The first-order valence-corrected chi connectivity index (χ1v) is 3.81. The number of carbonyl (C=O) groups is 1. The highest BCUT2D eigenvalue weighted by molar-refractivity contribution is 6.11. The number of allylic oxidation sites excluding steroid dienone is 1. The van der Waals surface area contributed by atoms with Crippen LogP contribution in [0.5, 0.6) is 5.75 Å². The van der Waals surface area contributed by atoms with Gasteiger partial charge in [-0.05, 0) is 30.7 Å². The minimum absolute atomic E-state index is 0.0267. The molecule has 13 heavy (non-hydrogen) atoms. The summed E-state index contributed by atoms with van der Waals surface area (Å²) in [5.74, 6) is -0.216. The molecule has 0 unspecified atom stereocenters. The van der Waals surface area contributed by atoms with E-state index in [9.17, 15) is 4.79 Å². The predicted molar refractivity (Wildman–Crippen MR) is 51.7 cm³/mol. The SMILES string of the molecule is C=C(C)C(=O)c1cc(O)ccc1N. The Labute approximate surface area is 76.5 Å². The molecule has 0 saturated heterocycles. The average Bonchev–Trinajstić information content (AvgIpc) is 2.08. The standard InChI is InChI=1S/C10H11NO2/c1-6(2)10(13)8-5-7(12)3-4-9(8)11/h3-5,12H,1,11H2,2H3. The number of benzene rings is 1. The van der Waals surface area contributed by atoms with Crippen molar-refractivity contribution in [3.63, 3.8) is 0 Å². The molecule has 68 valence electrons. The van der Waals surface area contributed by atoms with Crippen LogP contribution in [0.4, 0.5) is 5.69 Å². The van der Waals surface area contributed by atoms with Crippen molar-refractivity contribution in [1.82, 2.24) is 0 Å². The summed E-state index contributed by atoms with van der Waals surface area (Å²) in [4.78, 5) is 11.4. The fraction of sp³-hybridized carbons (Fsp3) is 0.100. The maximum Gasteiger partial charge on any atom is 0.190 e. The van der Waals surface area contributed by atoms with Crippen LogP contribution in [0.25, 0.3) is 0 Å². The van der Waals surface area contributed by atoms with E-state index in [1.54, 1.807) is 6.92 Å². The van der Waals surface area contributed by atoms with Gasteiger partial charge in [0.2, 0.25) is 0 Å². The zero-order valence-electron chi connectivity index (χ0n) is 7.37. The van der Waals surface area contributed by atoms with Gasteiger partial charge >= 0.3 is 0 Å². The van der Waals surface area contributed by atoms with Crippen molar-refractivity contribution in [3.8, 4) is 5.75 Å². The molecule has 0 aromatic heterocycles. The minimum Gasteiger partial charge on any atom is -0.508 e. The molecule has 0 radical (unpaired) electrons. The van der Waals surface area contributed by atoms with E-state index < -0.39 is 0 Å². The summed E-state index contributed by atoms with van der Waals surface area (Å²) >= 11 is 0. The third-order valence-electron chi connectivity index (χ3n) is 1.67. The Kier molecular flexibility index (Phi) is 2.37. The summed E-state index contributed by atoms with van der Waals surface area (Å²) < 4.78 is 0. The van der Waals surface area contributed by atoms with Crippen molar-refractivity contribution < 1.29 is 9.90 Å². The molecule has 1 rings (SSSR count). The van der Waals surface area contributed by atoms with Crippen LogP contribution in [0.15, 0.2) is 30.4 Å². The van der Waals surface area contributed by atoms with Gasteiger partial charge in [-0.3, -0.25) is 4.79 Å². The lowest BCUT2D eigenvalue weighted by Crippen LogP contribution is -2.03. The van der Waals surface area contributed by atoms with Crippen molar-refractivity contribution in [1.29, 1.82) is 0 Å². The molecular weight excluding hydrogens is 166 g/mol. The van der Waals surface area contributed by atoms with Crippen molar-refractivity contribution >= 4 is 11.5 Å². The number of Topliss-reactive ketones (excluding diaryl/α,β-unsaturated/α-hetero) is 1. The summed E-state index contributed by atoms with van der Waals surface area (Å²) in [6, 6.07) is 4.27. The highest BCUT2D eigenvalue weighted by atomic mass is 16.3. The summed E-state index contributed by atoms with van der Waals surface area (Å²) in [6.07, 6.45) is 0. The van der Waals surface area contributed by atoms with Crippen molar-refractivity contribution in [2.75, 3.05) is 5.73 Å². The van der Waals surface area contributed by atoms with Gasteiger partial charge in [-0.15, -0.1) is 0 Å². The van der Waals surface area contributed by atoms with Crippen LogP contribution in [0.3, 0.4) is 0 Å². The van der Waals surface area contributed by atoms with Gasteiger partial charge in [0.25, 0.3) is 0 Å². The lowest BCUT2D eigenvalue weighted by molar-refractivity contribution is 0.103. The Morgan fingerprint density at radius 1 is 1.54 bits per heavy atom. The largest absolute Gasteiger partial charge is 0.508 e. The topological polar surface area (TPSA) is 63.3 Å². The van der Waals surface area contributed by atoms with E-state index >= 15 is 0 Å². The van der Waals surface area contributed by atoms with E-state index in [2.05, 4.69) is 6.58 Å². The number of rotatable bonds is 2.